The number of hydrogen-bond acceptors (Lipinski definition) is 3. The van der Waals surface area contributed by atoms with Gasteiger partial charge in [0.25, 0.3) is 0 Å². The summed E-state index contributed by atoms with van der Waals surface area (Å²) in [7, 11) is 0. The number of ketones is 1. The number of nitrogens with zero attached hydrogens (tertiary/aromatic N) is 1. The number of rotatable bonds is 3. The van der Waals surface area contributed by atoms with E-state index in [0.717, 1.165) is 6.20 Å². The third-order valence-corrected chi connectivity index (χ3v) is 2.10. The summed E-state index contributed by atoms with van der Waals surface area (Å²) in [6.45, 7) is 3.39. The first-order valence-electron chi connectivity index (χ1n) is 4.36. The number of pyridine rings is 1. The number of carboxylic acid groups (broad SMARTS) is 1. The fraction of sp³-hybridized carbons (Fsp3) is 0.300. The van der Waals surface area contributed by atoms with E-state index in [1.165, 1.54) is 6.07 Å². The van der Waals surface area contributed by atoms with E-state index in [0.29, 0.717) is 0 Å². The first-order valence-corrected chi connectivity index (χ1v) is 4.74. The van der Waals surface area contributed by atoms with E-state index in [9.17, 15) is 9.59 Å². The number of hydrogen-bond donors (Lipinski definition) is 1. The molecular formula is C10H10ClNO3. The normalized spacial score (nSPS) is 10.4. The van der Waals surface area contributed by atoms with Gasteiger partial charge in [0.1, 0.15) is 5.15 Å². The molecule has 1 heterocycles. The number of carbonyl (C=O) groups excluding carboxylic acids is 1. The molecule has 4 nitrogen and oxygen atoms in total. The molecule has 0 amide bonds. The Morgan fingerprint density at radius 1 is 1.40 bits per heavy atom. The largest absolute Gasteiger partial charge is 0.478 e. The lowest BCUT2D eigenvalue weighted by Crippen LogP contribution is -2.14. The minimum Gasteiger partial charge on any atom is -0.478 e. The fourth-order valence-corrected chi connectivity index (χ4v) is 1.27. The molecule has 80 valence electrons. The second-order valence-corrected chi connectivity index (χ2v) is 3.76. The van der Waals surface area contributed by atoms with Gasteiger partial charge in [0, 0.05) is 17.7 Å². The SMILES string of the molecule is CC(C)C(=O)c1cc(Cl)ncc1C(=O)O. The molecule has 0 bridgehead atoms. The lowest BCUT2D eigenvalue weighted by Gasteiger charge is -2.07. The van der Waals surface area contributed by atoms with E-state index in [1.54, 1.807) is 13.8 Å². The summed E-state index contributed by atoms with van der Waals surface area (Å²) >= 11 is 5.61. The van der Waals surface area contributed by atoms with Gasteiger partial charge in [-0.15, -0.1) is 0 Å². The molecule has 0 atom stereocenters. The highest BCUT2D eigenvalue weighted by Crippen LogP contribution is 2.17. The summed E-state index contributed by atoms with van der Waals surface area (Å²) in [4.78, 5) is 26.1. The second kappa shape index (κ2) is 4.40. The van der Waals surface area contributed by atoms with Crippen molar-refractivity contribution < 1.29 is 14.7 Å². The van der Waals surface area contributed by atoms with Crippen molar-refractivity contribution in [2.24, 2.45) is 5.92 Å². The third-order valence-electron chi connectivity index (χ3n) is 1.89. The van der Waals surface area contributed by atoms with Crippen molar-refractivity contribution in [3.05, 3.63) is 28.5 Å². The molecule has 0 aliphatic heterocycles. The van der Waals surface area contributed by atoms with E-state index in [-0.39, 0.29) is 28.0 Å². The number of aromatic carboxylic acids is 1. The molecule has 5 heteroatoms. The smallest absolute Gasteiger partial charge is 0.338 e. The van der Waals surface area contributed by atoms with E-state index >= 15 is 0 Å². The van der Waals surface area contributed by atoms with Gasteiger partial charge in [-0.1, -0.05) is 25.4 Å². The van der Waals surface area contributed by atoms with Crippen LogP contribution in [0.4, 0.5) is 0 Å². The highest BCUT2D eigenvalue weighted by Gasteiger charge is 2.19. The average molecular weight is 228 g/mol. The molecule has 0 spiro atoms. The summed E-state index contributed by atoms with van der Waals surface area (Å²) in [6, 6.07) is 1.29. The molecule has 1 aromatic rings. The Hall–Kier alpha value is -1.42. The minimum atomic E-state index is -1.18. The molecule has 0 aliphatic rings. The van der Waals surface area contributed by atoms with Crippen LogP contribution in [0.5, 0.6) is 0 Å². The minimum absolute atomic E-state index is 0.109. The molecule has 0 saturated heterocycles. The van der Waals surface area contributed by atoms with Gasteiger partial charge >= 0.3 is 5.97 Å². The van der Waals surface area contributed by atoms with E-state index in [2.05, 4.69) is 4.98 Å². The van der Waals surface area contributed by atoms with Crippen LogP contribution in [0.25, 0.3) is 0 Å². The summed E-state index contributed by atoms with van der Waals surface area (Å²) < 4.78 is 0. The molecule has 1 aromatic heterocycles. The molecule has 15 heavy (non-hydrogen) atoms. The Morgan fingerprint density at radius 3 is 2.47 bits per heavy atom. The molecule has 1 rings (SSSR count). The fourth-order valence-electron chi connectivity index (χ4n) is 1.12. The van der Waals surface area contributed by atoms with Crippen molar-refractivity contribution in [2.45, 2.75) is 13.8 Å². The Morgan fingerprint density at radius 2 is 2.00 bits per heavy atom. The van der Waals surface area contributed by atoms with Gasteiger partial charge in [0.15, 0.2) is 5.78 Å². The van der Waals surface area contributed by atoms with Gasteiger partial charge in [-0.3, -0.25) is 4.79 Å². The Labute approximate surface area is 91.9 Å². The van der Waals surface area contributed by atoms with Crippen molar-refractivity contribution >= 4 is 23.4 Å². The summed E-state index contributed by atoms with van der Waals surface area (Å²) in [5.41, 5.74) is -0.00407. The molecular weight excluding hydrogens is 218 g/mol. The molecule has 0 unspecified atom stereocenters. The third kappa shape index (κ3) is 2.53. The number of halogens is 1. The molecule has 0 aliphatic carbocycles. The van der Waals surface area contributed by atoms with Crippen LogP contribution in [0.1, 0.15) is 34.6 Å². The van der Waals surface area contributed by atoms with Gasteiger partial charge in [-0.25, -0.2) is 9.78 Å². The maximum atomic E-state index is 11.7. The molecule has 0 aromatic carbocycles. The van der Waals surface area contributed by atoms with Gasteiger partial charge in [0.2, 0.25) is 0 Å². The number of carboxylic acids is 1. The van der Waals surface area contributed by atoms with Crippen molar-refractivity contribution in [3.63, 3.8) is 0 Å². The average Bonchev–Trinajstić information content (AvgIpc) is 2.15. The van der Waals surface area contributed by atoms with Crippen LogP contribution < -0.4 is 0 Å². The summed E-state index contributed by atoms with van der Waals surface area (Å²) in [5, 5.41) is 8.97. The zero-order valence-electron chi connectivity index (χ0n) is 8.32. The number of aromatic nitrogens is 1. The summed E-state index contributed by atoms with van der Waals surface area (Å²) in [5.74, 6) is -1.71. The maximum absolute atomic E-state index is 11.7. The predicted molar refractivity (Wildman–Crippen MR) is 55.4 cm³/mol. The van der Waals surface area contributed by atoms with Crippen LogP contribution in [0.15, 0.2) is 12.3 Å². The van der Waals surface area contributed by atoms with E-state index in [1.807, 2.05) is 0 Å². The zero-order valence-corrected chi connectivity index (χ0v) is 9.08. The standard InChI is InChI=1S/C10H10ClNO3/c1-5(2)9(13)6-3-8(11)12-4-7(6)10(14)15/h3-5H,1-2H3,(H,14,15). The number of carbonyl (C=O) groups is 2. The summed E-state index contributed by atoms with van der Waals surface area (Å²) in [6.07, 6.45) is 1.10. The molecule has 1 N–H and O–H groups in total. The van der Waals surface area contributed by atoms with Crippen LogP contribution >= 0.6 is 11.6 Å². The zero-order chi connectivity index (χ0) is 11.6. The number of Topliss-reactive ketones (excluding diaryl/α,β-unsaturated/α-hetero) is 1. The van der Waals surface area contributed by atoms with Crippen molar-refractivity contribution in [3.8, 4) is 0 Å². The first kappa shape index (κ1) is 11.7. The van der Waals surface area contributed by atoms with Crippen LogP contribution in [-0.4, -0.2) is 21.8 Å². The first-order chi connectivity index (χ1) is 6.93. The topological polar surface area (TPSA) is 67.3 Å². The molecule has 0 fully saturated rings. The lowest BCUT2D eigenvalue weighted by atomic mass is 9.98. The van der Waals surface area contributed by atoms with Crippen molar-refractivity contribution in [2.75, 3.05) is 0 Å². The predicted octanol–water partition coefficient (Wildman–Crippen LogP) is 2.27. The highest BCUT2D eigenvalue weighted by atomic mass is 35.5. The molecule has 0 radical (unpaired) electrons. The monoisotopic (exact) mass is 227 g/mol. The van der Waals surface area contributed by atoms with Gasteiger partial charge in [0.05, 0.1) is 5.56 Å². The van der Waals surface area contributed by atoms with Gasteiger partial charge in [-0.2, -0.15) is 0 Å². The Bertz CT molecular complexity index is 415. The molecule has 0 saturated carbocycles. The van der Waals surface area contributed by atoms with Crippen molar-refractivity contribution in [1.82, 2.24) is 4.98 Å². The maximum Gasteiger partial charge on any atom is 0.338 e. The Balaban J connectivity index is 3.30. The van der Waals surface area contributed by atoms with Crippen LogP contribution in [0, 0.1) is 5.92 Å². The van der Waals surface area contributed by atoms with Gasteiger partial charge < -0.3 is 5.11 Å². The van der Waals surface area contributed by atoms with Crippen LogP contribution in [0.2, 0.25) is 5.15 Å². The lowest BCUT2D eigenvalue weighted by molar-refractivity contribution is 0.0690. The van der Waals surface area contributed by atoms with E-state index < -0.39 is 5.97 Å². The van der Waals surface area contributed by atoms with Crippen molar-refractivity contribution in [1.29, 1.82) is 0 Å². The van der Waals surface area contributed by atoms with Crippen LogP contribution in [0.3, 0.4) is 0 Å². The van der Waals surface area contributed by atoms with E-state index in [4.69, 9.17) is 16.7 Å². The Kier molecular flexibility index (Phi) is 3.42. The second-order valence-electron chi connectivity index (χ2n) is 3.38. The van der Waals surface area contributed by atoms with Gasteiger partial charge in [-0.05, 0) is 6.07 Å². The highest BCUT2D eigenvalue weighted by molar-refractivity contribution is 6.30. The van der Waals surface area contributed by atoms with Crippen LogP contribution in [-0.2, 0) is 0 Å². The quantitative estimate of drug-likeness (QED) is 0.635.